The molecule has 3 fully saturated rings. The largest absolute Gasteiger partial charge is 0.392 e. The van der Waals surface area contributed by atoms with Gasteiger partial charge in [0.05, 0.1) is 6.10 Å². The van der Waals surface area contributed by atoms with Crippen molar-refractivity contribution in [3.63, 3.8) is 0 Å². The van der Waals surface area contributed by atoms with Gasteiger partial charge in [-0.3, -0.25) is 9.59 Å². The van der Waals surface area contributed by atoms with Crippen molar-refractivity contribution < 1.29 is 24.9 Å². The molecule has 0 amide bonds. The Balaban J connectivity index is 1.73. The predicted octanol–water partition coefficient (Wildman–Crippen LogP) is 1.78. The molecule has 26 heavy (non-hydrogen) atoms. The highest BCUT2D eigenvalue weighted by Gasteiger charge is 2.67. The molecule has 4 rings (SSSR count). The van der Waals surface area contributed by atoms with Gasteiger partial charge in [-0.25, -0.2) is 0 Å². The summed E-state index contributed by atoms with van der Waals surface area (Å²) in [6.07, 6.45) is 5.73. The van der Waals surface area contributed by atoms with Crippen LogP contribution in [0.25, 0.3) is 0 Å². The number of hydrogen-bond acceptors (Lipinski definition) is 5. The molecule has 0 unspecified atom stereocenters. The van der Waals surface area contributed by atoms with Crippen LogP contribution in [-0.4, -0.2) is 45.2 Å². The SMILES string of the molecule is C[C@]12CCC(=O)C=C1C[C@@H](O)[C@@H]1[C@@H]2CC[C@@]2(C)[C@H]1CC[C@]2(O)C(=O)CO. The zero-order chi connectivity index (χ0) is 18.9. The predicted molar refractivity (Wildman–Crippen MR) is 95.1 cm³/mol. The van der Waals surface area contributed by atoms with Gasteiger partial charge in [0.1, 0.15) is 12.2 Å². The van der Waals surface area contributed by atoms with E-state index in [1.54, 1.807) is 6.08 Å². The van der Waals surface area contributed by atoms with E-state index in [1.165, 1.54) is 0 Å². The van der Waals surface area contributed by atoms with E-state index >= 15 is 0 Å². The highest BCUT2D eigenvalue weighted by molar-refractivity contribution is 5.91. The average Bonchev–Trinajstić information content (AvgIpc) is 2.88. The van der Waals surface area contributed by atoms with Gasteiger partial charge >= 0.3 is 0 Å². The van der Waals surface area contributed by atoms with Gasteiger partial charge in [0.15, 0.2) is 11.6 Å². The monoisotopic (exact) mass is 362 g/mol. The second-order valence-electron chi connectivity index (χ2n) is 9.55. The zero-order valence-electron chi connectivity index (χ0n) is 15.7. The average molecular weight is 362 g/mol. The van der Waals surface area contributed by atoms with Gasteiger partial charge in [-0.2, -0.15) is 0 Å². The van der Waals surface area contributed by atoms with E-state index in [9.17, 15) is 24.9 Å². The van der Waals surface area contributed by atoms with Crippen LogP contribution >= 0.6 is 0 Å². The molecule has 0 aliphatic heterocycles. The first kappa shape index (κ1) is 18.3. The van der Waals surface area contributed by atoms with Gasteiger partial charge in [0.2, 0.25) is 0 Å². The summed E-state index contributed by atoms with van der Waals surface area (Å²) in [6, 6.07) is 0. The molecule has 4 aliphatic rings. The van der Waals surface area contributed by atoms with Crippen molar-refractivity contribution in [1.29, 1.82) is 0 Å². The minimum absolute atomic E-state index is 0.0321. The third-order valence-corrected chi connectivity index (χ3v) is 8.74. The minimum atomic E-state index is -1.49. The number of aliphatic hydroxyl groups is 3. The number of rotatable bonds is 2. The Morgan fingerprint density at radius 3 is 2.58 bits per heavy atom. The molecule has 4 aliphatic carbocycles. The van der Waals surface area contributed by atoms with E-state index in [4.69, 9.17) is 0 Å². The summed E-state index contributed by atoms with van der Waals surface area (Å²) < 4.78 is 0. The van der Waals surface area contributed by atoms with Crippen LogP contribution in [0.4, 0.5) is 0 Å². The standard InChI is InChI=1S/C21H30O5/c1-19-6-3-13(23)9-12(19)10-16(24)18-14(19)4-7-20(2)15(18)5-8-21(20,26)17(25)11-22/h9,14-16,18,22,24,26H,3-8,10-11H2,1-2H3/t14-,15-,16+,18+,19-,20-,21-/m0/s1. The first-order valence-electron chi connectivity index (χ1n) is 9.96. The maximum atomic E-state index is 12.4. The number of hydrogen-bond donors (Lipinski definition) is 3. The number of carbonyl (C=O) groups is 2. The highest BCUT2D eigenvalue weighted by atomic mass is 16.3. The lowest BCUT2D eigenvalue weighted by atomic mass is 9.45. The molecule has 0 radical (unpaired) electrons. The van der Waals surface area contributed by atoms with Gasteiger partial charge < -0.3 is 15.3 Å². The van der Waals surface area contributed by atoms with E-state index in [0.717, 1.165) is 18.4 Å². The van der Waals surface area contributed by atoms with Gasteiger partial charge in [-0.05, 0) is 67.8 Å². The molecule has 0 aromatic heterocycles. The molecular weight excluding hydrogens is 332 g/mol. The topological polar surface area (TPSA) is 94.8 Å². The molecule has 5 heteroatoms. The third-order valence-electron chi connectivity index (χ3n) is 8.74. The second-order valence-corrected chi connectivity index (χ2v) is 9.55. The maximum absolute atomic E-state index is 12.4. The molecule has 5 nitrogen and oxygen atoms in total. The number of aliphatic hydroxyl groups excluding tert-OH is 2. The summed E-state index contributed by atoms with van der Waals surface area (Å²) in [5.41, 5.74) is -1.07. The van der Waals surface area contributed by atoms with Gasteiger partial charge in [0.25, 0.3) is 0 Å². The summed E-state index contributed by atoms with van der Waals surface area (Å²) in [7, 11) is 0. The quantitative estimate of drug-likeness (QED) is 0.696. The minimum Gasteiger partial charge on any atom is -0.392 e. The number of Topliss-reactive ketones (excluding diaryl/α,β-unsaturated/α-hetero) is 1. The lowest BCUT2D eigenvalue weighted by molar-refractivity contribution is -0.172. The molecule has 7 atom stereocenters. The molecule has 0 spiro atoms. The van der Waals surface area contributed by atoms with Crippen LogP contribution in [0.2, 0.25) is 0 Å². The van der Waals surface area contributed by atoms with Crippen molar-refractivity contribution in [3.8, 4) is 0 Å². The van der Waals surface area contributed by atoms with Crippen LogP contribution in [-0.2, 0) is 9.59 Å². The Labute approximate surface area is 154 Å². The van der Waals surface area contributed by atoms with Gasteiger partial charge in [-0.1, -0.05) is 19.4 Å². The van der Waals surface area contributed by atoms with Crippen molar-refractivity contribution >= 4 is 11.6 Å². The lowest BCUT2D eigenvalue weighted by Crippen LogP contribution is -2.60. The number of carbonyl (C=O) groups excluding carboxylic acids is 2. The van der Waals surface area contributed by atoms with Gasteiger partial charge in [0, 0.05) is 11.8 Å². The summed E-state index contributed by atoms with van der Waals surface area (Å²) in [5, 5.41) is 31.5. The molecule has 3 N–H and O–H groups in total. The fraction of sp³-hybridized carbons (Fsp3) is 0.810. The van der Waals surface area contributed by atoms with Crippen molar-refractivity contribution in [2.24, 2.45) is 28.6 Å². The Morgan fingerprint density at radius 1 is 1.19 bits per heavy atom. The van der Waals surface area contributed by atoms with Gasteiger partial charge in [-0.15, -0.1) is 0 Å². The van der Waals surface area contributed by atoms with E-state index in [-0.39, 0.29) is 29.0 Å². The van der Waals surface area contributed by atoms with E-state index in [1.807, 2.05) is 6.92 Å². The Hall–Kier alpha value is -1.04. The van der Waals surface area contributed by atoms with Crippen LogP contribution in [0.15, 0.2) is 11.6 Å². The molecule has 3 saturated carbocycles. The van der Waals surface area contributed by atoms with E-state index < -0.39 is 29.5 Å². The summed E-state index contributed by atoms with van der Waals surface area (Å²) in [4.78, 5) is 24.3. The second kappa shape index (κ2) is 5.73. The van der Waals surface area contributed by atoms with Crippen LogP contribution in [0, 0.1) is 28.6 Å². The first-order valence-corrected chi connectivity index (χ1v) is 9.96. The van der Waals surface area contributed by atoms with Crippen molar-refractivity contribution in [2.75, 3.05) is 6.61 Å². The summed E-state index contributed by atoms with van der Waals surface area (Å²) in [6.45, 7) is 3.57. The Bertz CT molecular complexity index is 684. The normalized spacial score (nSPS) is 50.5. The maximum Gasteiger partial charge on any atom is 0.190 e. The molecule has 144 valence electrons. The smallest absolute Gasteiger partial charge is 0.190 e. The summed E-state index contributed by atoms with van der Waals surface area (Å²) in [5.74, 6) is 0.0430. The van der Waals surface area contributed by atoms with E-state index in [2.05, 4.69) is 6.92 Å². The summed E-state index contributed by atoms with van der Waals surface area (Å²) >= 11 is 0. The van der Waals surface area contributed by atoms with Crippen molar-refractivity contribution in [1.82, 2.24) is 0 Å². The zero-order valence-corrected chi connectivity index (χ0v) is 15.7. The Morgan fingerprint density at radius 2 is 1.88 bits per heavy atom. The molecular formula is C21H30O5. The highest BCUT2D eigenvalue weighted by Crippen LogP contribution is 2.67. The van der Waals surface area contributed by atoms with Crippen LogP contribution in [0.3, 0.4) is 0 Å². The fourth-order valence-corrected chi connectivity index (χ4v) is 7.13. The molecule has 0 aromatic carbocycles. The van der Waals surface area contributed by atoms with Crippen LogP contribution in [0.1, 0.15) is 58.8 Å². The van der Waals surface area contributed by atoms with Crippen molar-refractivity contribution in [2.45, 2.75) is 70.5 Å². The number of ketones is 2. The third kappa shape index (κ3) is 2.14. The Kier molecular flexibility index (Phi) is 4.04. The molecule has 0 aromatic rings. The molecule has 0 heterocycles. The first-order chi connectivity index (χ1) is 12.2. The number of fused-ring (bicyclic) bond motifs is 5. The van der Waals surface area contributed by atoms with E-state index in [0.29, 0.717) is 32.1 Å². The molecule has 0 bridgehead atoms. The fourth-order valence-electron chi connectivity index (χ4n) is 7.13. The van der Waals surface area contributed by atoms with Crippen molar-refractivity contribution in [3.05, 3.63) is 11.6 Å². The van der Waals surface area contributed by atoms with Crippen LogP contribution in [0.5, 0.6) is 0 Å². The van der Waals surface area contributed by atoms with Crippen LogP contribution < -0.4 is 0 Å². The molecule has 0 saturated heterocycles. The lowest BCUT2D eigenvalue weighted by Gasteiger charge is -2.60.